The summed E-state index contributed by atoms with van der Waals surface area (Å²) in [5.41, 5.74) is 2.29. The Morgan fingerprint density at radius 2 is 2.18 bits per heavy atom. The smallest absolute Gasteiger partial charge is 0.234 e. The molecule has 0 aromatic heterocycles. The predicted molar refractivity (Wildman–Crippen MR) is 69.8 cm³/mol. The monoisotopic (exact) mass is 249 g/mol. The molecule has 0 bridgehead atoms. The average molecular weight is 249 g/mol. The molecule has 0 saturated carbocycles. The van der Waals surface area contributed by atoms with E-state index in [0.29, 0.717) is 13.0 Å². The molecule has 0 radical (unpaired) electrons. The van der Waals surface area contributed by atoms with Crippen LogP contribution < -0.4 is 0 Å². The van der Waals surface area contributed by atoms with E-state index in [1.807, 2.05) is 31.2 Å². The molecule has 1 rings (SSSR count). The Labute approximate surface area is 105 Å². The van der Waals surface area contributed by atoms with E-state index < -0.39 is 0 Å². The topological polar surface area (TPSA) is 46.5 Å². The van der Waals surface area contributed by atoms with Crippen molar-refractivity contribution in [3.63, 3.8) is 0 Å². The summed E-state index contributed by atoms with van der Waals surface area (Å²) < 4.78 is 0. The van der Waals surface area contributed by atoms with Gasteiger partial charge in [0.25, 0.3) is 0 Å². The van der Waals surface area contributed by atoms with Crippen molar-refractivity contribution in [2.45, 2.75) is 25.5 Å². The first-order valence-electron chi connectivity index (χ1n) is 5.41. The van der Waals surface area contributed by atoms with Crippen molar-refractivity contribution < 1.29 is 9.59 Å². The van der Waals surface area contributed by atoms with E-state index in [0.717, 1.165) is 11.1 Å². The van der Waals surface area contributed by atoms with Gasteiger partial charge in [0, 0.05) is 12.2 Å². The van der Waals surface area contributed by atoms with Crippen molar-refractivity contribution in [3.8, 4) is 0 Å². The molecule has 0 heterocycles. The molecule has 1 aromatic rings. The van der Waals surface area contributed by atoms with E-state index in [1.165, 1.54) is 17.8 Å². The fourth-order valence-corrected chi connectivity index (χ4v) is 2.67. The SMILES string of the molecule is CC(=O)SC(CCN=C=O)c1ccccc1C. The lowest BCUT2D eigenvalue weighted by Gasteiger charge is -2.16. The number of rotatable bonds is 5. The molecule has 0 spiro atoms. The molecule has 17 heavy (non-hydrogen) atoms. The van der Waals surface area contributed by atoms with E-state index in [-0.39, 0.29) is 10.4 Å². The highest BCUT2D eigenvalue weighted by molar-refractivity contribution is 8.13. The Kier molecular flexibility index (Phi) is 5.67. The third-order valence-corrected chi connectivity index (χ3v) is 3.52. The zero-order valence-electron chi connectivity index (χ0n) is 9.97. The minimum atomic E-state index is 0.0609. The number of benzene rings is 1. The van der Waals surface area contributed by atoms with E-state index in [9.17, 15) is 9.59 Å². The number of hydrogen-bond acceptors (Lipinski definition) is 4. The Morgan fingerprint density at radius 1 is 1.47 bits per heavy atom. The molecule has 4 heteroatoms. The number of carbonyl (C=O) groups excluding carboxylic acids is 2. The molecule has 0 N–H and O–H groups in total. The Hall–Kier alpha value is -1.38. The maximum atomic E-state index is 11.2. The van der Waals surface area contributed by atoms with Gasteiger partial charge < -0.3 is 0 Å². The first-order valence-corrected chi connectivity index (χ1v) is 6.29. The summed E-state index contributed by atoms with van der Waals surface area (Å²) in [6.45, 7) is 3.98. The van der Waals surface area contributed by atoms with Gasteiger partial charge in [-0.05, 0) is 24.5 Å². The fourth-order valence-electron chi connectivity index (χ4n) is 1.65. The molecule has 90 valence electrons. The highest BCUT2D eigenvalue weighted by Gasteiger charge is 2.15. The second-order valence-electron chi connectivity index (χ2n) is 3.72. The van der Waals surface area contributed by atoms with Crippen LogP contribution in [0, 0.1) is 6.92 Å². The van der Waals surface area contributed by atoms with Gasteiger partial charge >= 0.3 is 0 Å². The van der Waals surface area contributed by atoms with E-state index >= 15 is 0 Å². The molecule has 1 unspecified atom stereocenters. The number of thioether (sulfide) groups is 1. The Balaban J connectivity index is 2.85. The minimum absolute atomic E-state index is 0.0609. The lowest BCUT2D eigenvalue weighted by Crippen LogP contribution is -2.01. The largest absolute Gasteiger partial charge is 0.288 e. The summed E-state index contributed by atoms with van der Waals surface area (Å²) in [7, 11) is 0. The van der Waals surface area contributed by atoms with Gasteiger partial charge in [-0.3, -0.25) is 4.79 Å². The van der Waals surface area contributed by atoms with Crippen molar-refractivity contribution in [1.29, 1.82) is 0 Å². The number of aryl methyl sites for hydroxylation is 1. The van der Waals surface area contributed by atoms with Crippen LogP contribution in [-0.4, -0.2) is 17.7 Å². The molecular weight excluding hydrogens is 234 g/mol. The normalized spacial score (nSPS) is 11.6. The zero-order chi connectivity index (χ0) is 12.7. The Morgan fingerprint density at radius 3 is 2.76 bits per heavy atom. The minimum Gasteiger partial charge on any atom is -0.288 e. The van der Waals surface area contributed by atoms with Gasteiger partial charge in [0.15, 0.2) is 5.12 Å². The number of carbonyl (C=O) groups is 1. The number of nitrogens with zero attached hydrogens (tertiary/aromatic N) is 1. The lowest BCUT2D eigenvalue weighted by atomic mass is 10.0. The van der Waals surface area contributed by atoms with Gasteiger partial charge in [-0.15, -0.1) is 0 Å². The maximum absolute atomic E-state index is 11.2. The maximum Gasteiger partial charge on any atom is 0.234 e. The summed E-state index contributed by atoms with van der Waals surface area (Å²) in [5.74, 6) is 0. The summed E-state index contributed by atoms with van der Waals surface area (Å²) in [6, 6.07) is 7.96. The van der Waals surface area contributed by atoms with Gasteiger partial charge in [-0.1, -0.05) is 36.0 Å². The highest BCUT2D eigenvalue weighted by Crippen LogP contribution is 2.34. The van der Waals surface area contributed by atoms with Gasteiger partial charge in [-0.25, -0.2) is 9.79 Å². The van der Waals surface area contributed by atoms with Crippen LogP contribution in [0.1, 0.15) is 29.7 Å². The van der Waals surface area contributed by atoms with E-state index in [4.69, 9.17) is 0 Å². The van der Waals surface area contributed by atoms with Gasteiger partial charge in [-0.2, -0.15) is 0 Å². The van der Waals surface area contributed by atoms with Crippen molar-refractivity contribution >= 4 is 23.0 Å². The third-order valence-electron chi connectivity index (χ3n) is 2.41. The second-order valence-corrected chi connectivity index (χ2v) is 5.10. The fraction of sp³-hybridized carbons (Fsp3) is 0.385. The van der Waals surface area contributed by atoms with Crippen LogP contribution in [-0.2, 0) is 9.59 Å². The molecule has 0 aliphatic heterocycles. The summed E-state index contributed by atoms with van der Waals surface area (Å²) in [5, 5.41) is 0.138. The number of aliphatic imine (C=N–C) groups is 1. The zero-order valence-corrected chi connectivity index (χ0v) is 10.8. The molecule has 0 aliphatic carbocycles. The first kappa shape index (κ1) is 13.7. The van der Waals surface area contributed by atoms with Gasteiger partial charge in [0.2, 0.25) is 6.08 Å². The van der Waals surface area contributed by atoms with Crippen molar-refractivity contribution in [2.24, 2.45) is 4.99 Å². The number of isocyanates is 1. The van der Waals surface area contributed by atoms with Crippen molar-refractivity contribution in [1.82, 2.24) is 0 Å². The van der Waals surface area contributed by atoms with Crippen LogP contribution in [0.4, 0.5) is 0 Å². The molecule has 0 saturated heterocycles. The van der Waals surface area contributed by atoms with Gasteiger partial charge in [0.1, 0.15) is 0 Å². The molecule has 1 aromatic carbocycles. The lowest BCUT2D eigenvalue weighted by molar-refractivity contribution is -0.109. The van der Waals surface area contributed by atoms with Crippen molar-refractivity contribution in [3.05, 3.63) is 35.4 Å². The summed E-state index contributed by atoms with van der Waals surface area (Å²) in [4.78, 5) is 24.8. The molecular formula is C13H15NO2S. The van der Waals surface area contributed by atoms with E-state index in [2.05, 4.69) is 4.99 Å². The highest BCUT2D eigenvalue weighted by atomic mass is 32.2. The van der Waals surface area contributed by atoms with Gasteiger partial charge in [0.05, 0.1) is 6.54 Å². The standard InChI is InChI=1S/C13H15NO2S/c1-10-5-3-4-6-12(10)13(17-11(2)16)7-8-14-9-15/h3-6,13H,7-8H2,1-2H3. The average Bonchev–Trinajstić information content (AvgIpc) is 2.28. The van der Waals surface area contributed by atoms with Crippen LogP contribution in [0.2, 0.25) is 0 Å². The molecule has 1 atom stereocenters. The van der Waals surface area contributed by atoms with Crippen LogP contribution in [0.25, 0.3) is 0 Å². The van der Waals surface area contributed by atoms with Crippen LogP contribution in [0.15, 0.2) is 29.3 Å². The second kappa shape index (κ2) is 7.05. The van der Waals surface area contributed by atoms with Crippen molar-refractivity contribution in [2.75, 3.05) is 6.54 Å². The first-order chi connectivity index (χ1) is 8.15. The quantitative estimate of drug-likeness (QED) is 0.595. The molecule has 3 nitrogen and oxygen atoms in total. The predicted octanol–water partition coefficient (Wildman–Crippen LogP) is 3.04. The third kappa shape index (κ3) is 4.55. The Bertz CT molecular complexity index is 439. The van der Waals surface area contributed by atoms with Crippen LogP contribution >= 0.6 is 11.8 Å². The van der Waals surface area contributed by atoms with Crippen LogP contribution in [0.3, 0.4) is 0 Å². The van der Waals surface area contributed by atoms with Crippen LogP contribution in [0.5, 0.6) is 0 Å². The molecule has 0 amide bonds. The number of hydrogen-bond donors (Lipinski definition) is 0. The molecule has 0 aliphatic rings. The summed E-state index contributed by atoms with van der Waals surface area (Å²) in [6.07, 6.45) is 2.19. The molecule has 0 fully saturated rings. The van der Waals surface area contributed by atoms with E-state index in [1.54, 1.807) is 6.92 Å². The summed E-state index contributed by atoms with van der Waals surface area (Å²) >= 11 is 1.29.